The summed E-state index contributed by atoms with van der Waals surface area (Å²) in [5.41, 5.74) is 5.70. The highest BCUT2D eigenvalue weighted by Gasteiger charge is 2.18. The lowest BCUT2D eigenvalue weighted by molar-refractivity contribution is 0.0219. The number of nitrogens with two attached hydrogens (primary N) is 1. The van der Waals surface area contributed by atoms with Crippen LogP contribution in [0.4, 0.5) is 0 Å². The summed E-state index contributed by atoms with van der Waals surface area (Å²) < 4.78 is 5.86. The summed E-state index contributed by atoms with van der Waals surface area (Å²) in [6, 6.07) is 13.8. The van der Waals surface area contributed by atoms with Gasteiger partial charge in [-0.3, -0.25) is 5.32 Å². The maximum atomic E-state index is 9.75. The fraction of sp³-hybridized carbons (Fsp3) is 0.333. The Morgan fingerprint density at radius 3 is 2.47 bits per heavy atom. The average Bonchev–Trinajstić information content (AvgIpc) is 2.37. The molecule has 0 fully saturated rings. The Bertz CT molecular complexity index is 535. The van der Waals surface area contributed by atoms with Crippen LogP contribution in [0.3, 0.4) is 0 Å². The van der Waals surface area contributed by atoms with E-state index in [1.54, 1.807) is 6.92 Å². The maximum Gasteiger partial charge on any atom is 0.177 e. The molecule has 0 aliphatic carbocycles. The molecule has 3 atom stereocenters. The van der Waals surface area contributed by atoms with Crippen molar-refractivity contribution in [1.29, 1.82) is 0 Å². The van der Waals surface area contributed by atoms with Crippen LogP contribution in [0.15, 0.2) is 42.5 Å². The van der Waals surface area contributed by atoms with Crippen molar-refractivity contribution in [3.05, 3.63) is 42.5 Å². The zero-order valence-corrected chi connectivity index (χ0v) is 11.2. The first-order valence-electron chi connectivity index (χ1n) is 6.42. The number of hydrogen-bond acceptors (Lipinski definition) is 4. The first-order chi connectivity index (χ1) is 9.08. The number of aliphatic hydroxyl groups excluding tert-OH is 1. The average molecular weight is 260 g/mol. The number of nitrogens with one attached hydrogen (secondary N) is 1. The summed E-state index contributed by atoms with van der Waals surface area (Å²) in [4.78, 5) is 0. The summed E-state index contributed by atoms with van der Waals surface area (Å²) in [6.45, 7) is 3.48. The summed E-state index contributed by atoms with van der Waals surface area (Å²) in [6.07, 6.45) is -1.45. The molecule has 102 valence electrons. The maximum absolute atomic E-state index is 9.75. The van der Waals surface area contributed by atoms with Gasteiger partial charge in [0.1, 0.15) is 11.9 Å². The topological polar surface area (TPSA) is 67.5 Å². The van der Waals surface area contributed by atoms with Crippen LogP contribution >= 0.6 is 0 Å². The van der Waals surface area contributed by atoms with E-state index in [4.69, 9.17) is 10.5 Å². The molecule has 4 nitrogen and oxygen atoms in total. The molecule has 4 N–H and O–H groups in total. The Hall–Kier alpha value is -1.62. The van der Waals surface area contributed by atoms with Crippen molar-refractivity contribution in [3.8, 4) is 5.75 Å². The van der Waals surface area contributed by atoms with Gasteiger partial charge in [0.2, 0.25) is 0 Å². The molecular formula is C15H20N2O2. The van der Waals surface area contributed by atoms with Gasteiger partial charge in [-0.1, -0.05) is 36.4 Å². The van der Waals surface area contributed by atoms with Crippen molar-refractivity contribution < 1.29 is 9.84 Å². The lowest BCUT2D eigenvalue weighted by Crippen LogP contribution is -2.50. The van der Waals surface area contributed by atoms with E-state index in [2.05, 4.69) is 5.32 Å². The summed E-state index contributed by atoms with van der Waals surface area (Å²) >= 11 is 0. The number of benzene rings is 2. The van der Waals surface area contributed by atoms with Crippen LogP contribution in [-0.2, 0) is 0 Å². The normalized spacial score (nSPS) is 16.0. The van der Waals surface area contributed by atoms with Gasteiger partial charge in [-0.25, -0.2) is 0 Å². The molecule has 0 saturated heterocycles. The predicted molar refractivity (Wildman–Crippen MR) is 76.8 cm³/mol. The van der Waals surface area contributed by atoms with Crippen molar-refractivity contribution in [2.75, 3.05) is 0 Å². The van der Waals surface area contributed by atoms with Crippen LogP contribution in [-0.4, -0.2) is 23.6 Å². The molecule has 19 heavy (non-hydrogen) atoms. The van der Waals surface area contributed by atoms with E-state index in [9.17, 15) is 5.11 Å². The number of rotatable bonds is 5. The highest BCUT2D eigenvalue weighted by molar-refractivity contribution is 5.88. The largest absolute Gasteiger partial charge is 0.472 e. The Balaban J connectivity index is 2.28. The number of aliphatic hydroxyl groups is 1. The molecule has 2 aromatic rings. The zero-order chi connectivity index (χ0) is 13.8. The van der Waals surface area contributed by atoms with Crippen LogP contribution in [0.2, 0.25) is 0 Å². The standard InChI is InChI=1S/C15H20N2O2/c1-10(18)15(17-11(2)16)19-14-9-5-7-12-6-3-4-8-13(12)14/h3-11,15,17-18H,16H2,1-2H3. The fourth-order valence-corrected chi connectivity index (χ4v) is 1.97. The van der Waals surface area contributed by atoms with E-state index in [0.717, 1.165) is 16.5 Å². The molecule has 2 aromatic carbocycles. The van der Waals surface area contributed by atoms with Gasteiger partial charge < -0.3 is 15.6 Å². The molecule has 0 saturated carbocycles. The van der Waals surface area contributed by atoms with Gasteiger partial charge in [-0.2, -0.15) is 0 Å². The fourth-order valence-electron chi connectivity index (χ4n) is 1.97. The quantitative estimate of drug-likeness (QED) is 0.717. The smallest absolute Gasteiger partial charge is 0.177 e. The first-order valence-corrected chi connectivity index (χ1v) is 6.42. The number of fused-ring (bicyclic) bond motifs is 1. The van der Waals surface area contributed by atoms with Crippen LogP contribution in [0, 0.1) is 0 Å². The van der Waals surface area contributed by atoms with Crippen molar-refractivity contribution >= 4 is 10.8 Å². The number of hydrogen-bond donors (Lipinski definition) is 3. The third-order valence-corrected chi connectivity index (χ3v) is 2.87. The molecular weight excluding hydrogens is 240 g/mol. The van der Waals surface area contributed by atoms with Crippen molar-refractivity contribution in [2.24, 2.45) is 5.73 Å². The third kappa shape index (κ3) is 3.44. The molecule has 0 amide bonds. The van der Waals surface area contributed by atoms with Crippen molar-refractivity contribution in [3.63, 3.8) is 0 Å². The van der Waals surface area contributed by atoms with E-state index in [0.29, 0.717) is 0 Å². The van der Waals surface area contributed by atoms with Crippen LogP contribution in [0.25, 0.3) is 10.8 Å². The lowest BCUT2D eigenvalue weighted by atomic mass is 10.1. The van der Waals surface area contributed by atoms with Crippen LogP contribution in [0.1, 0.15) is 13.8 Å². The monoisotopic (exact) mass is 260 g/mol. The van der Waals surface area contributed by atoms with Gasteiger partial charge in [-0.15, -0.1) is 0 Å². The molecule has 0 bridgehead atoms. The summed E-state index contributed by atoms with van der Waals surface area (Å²) in [5, 5.41) is 14.9. The molecule has 4 heteroatoms. The van der Waals surface area contributed by atoms with Crippen molar-refractivity contribution in [1.82, 2.24) is 5.32 Å². The van der Waals surface area contributed by atoms with E-state index in [1.807, 2.05) is 49.4 Å². The molecule has 3 unspecified atom stereocenters. The van der Waals surface area contributed by atoms with E-state index in [1.165, 1.54) is 0 Å². The van der Waals surface area contributed by atoms with Gasteiger partial charge in [0.25, 0.3) is 0 Å². The molecule has 0 aliphatic heterocycles. The number of ether oxygens (including phenoxy) is 1. The van der Waals surface area contributed by atoms with Gasteiger partial charge in [0.15, 0.2) is 6.23 Å². The van der Waals surface area contributed by atoms with Gasteiger partial charge in [0, 0.05) is 5.39 Å². The van der Waals surface area contributed by atoms with Crippen LogP contribution < -0.4 is 15.8 Å². The minimum absolute atomic E-state index is 0.255. The Kier molecular flexibility index (Phi) is 4.37. The predicted octanol–water partition coefficient (Wildman–Crippen LogP) is 1.82. The molecule has 0 aromatic heterocycles. The van der Waals surface area contributed by atoms with E-state index < -0.39 is 12.3 Å². The van der Waals surface area contributed by atoms with Crippen molar-refractivity contribution in [2.45, 2.75) is 32.3 Å². The van der Waals surface area contributed by atoms with Gasteiger partial charge in [0.05, 0.1) is 6.17 Å². The Labute approximate surface area is 113 Å². The van der Waals surface area contributed by atoms with Crippen LogP contribution in [0.5, 0.6) is 5.75 Å². The van der Waals surface area contributed by atoms with Gasteiger partial charge >= 0.3 is 0 Å². The van der Waals surface area contributed by atoms with E-state index >= 15 is 0 Å². The molecule has 0 aliphatic rings. The van der Waals surface area contributed by atoms with Gasteiger partial charge in [-0.05, 0) is 25.3 Å². The highest BCUT2D eigenvalue weighted by atomic mass is 16.5. The molecule has 0 heterocycles. The molecule has 0 spiro atoms. The third-order valence-electron chi connectivity index (χ3n) is 2.87. The zero-order valence-electron chi connectivity index (χ0n) is 11.2. The summed E-state index contributed by atoms with van der Waals surface area (Å²) in [5.74, 6) is 0.733. The second kappa shape index (κ2) is 6.02. The summed E-state index contributed by atoms with van der Waals surface area (Å²) in [7, 11) is 0. The molecule has 0 radical (unpaired) electrons. The highest BCUT2D eigenvalue weighted by Crippen LogP contribution is 2.26. The minimum atomic E-state index is -0.662. The SMILES string of the molecule is CC(N)NC(Oc1cccc2ccccc12)C(C)O. The second-order valence-electron chi connectivity index (χ2n) is 4.71. The first kappa shape index (κ1) is 13.8. The minimum Gasteiger partial charge on any atom is -0.472 e. The molecule has 2 rings (SSSR count). The Morgan fingerprint density at radius 2 is 1.79 bits per heavy atom. The lowest BCUT2D eigenvalue weighted by Gasteiger charge is -2.25. The Morgan fingerprint density at radius 1 is 1.11 bits per heavy atom. The van der Waals surface area contributed by atoms with E-state index in [-0.39, 0.29) is 6.17 Å². The second-order valence-corrected chi connectivity index (χ2v) is 4.71.